The minimum atomic E-state index is -0.149. The highest BCUT2D eigenvalue weighted by molar-refractivity contribution is 5.15. The average Bonchev–Trinajstić information content (AvgIpc) is 2.38. The molecule has 1 fully saturated rings. The number of aromatic nitrogens is 1. The summed E-state index contributed by atoms with van der Waals surface area (Å²) in [4.78, 5) is 4.59. The number of hydrogen-bond donors (Lipinski definition) is 1. The van der Waals surface area contributed by atoms with Gasteiger partial charge in [0.15, 0.2) is 0 Å². The van der Waals surface area contributed by atoms with Crippen LogP contribution in [-0.2, 0) is 12.8 Å². The van der Waals surface area contributed by atoms with Crippen LogP contribution in [0.2, 0.25) is 0 Å². The molecule has 1 N–H and O–H groups in total. The standard InChI is InChI=1S/C18H29NO/c1-5-14-7-8-15(19-12-14)11-18(3,4)16-9-6-13(2)10-17(16)20/h7-8,12-13,16-17,20H,5-6,9-11H2,1-4H3. The summed E-state index contributed by atoms with van der Waals surface area (Å²) in [5.41, 5.74) is 2.55. The van der Waals surface area contributed by atoms with Gasteiger partial charge in [0.2, 0.25) is 0 Å². The monoisotopic (exact) mass is 275 g/mol. The van der Waals surface area contributed by atoms with Crippen LogP contribution in [0, 0.1) is 17.3 Å². The van der Waals surface area contributed by atoms with Crippen molar-refractivity contribution in [2.45, 2.75) is 65.9 Å². The molecule has 1 aromatic heterocycles. The topological polar surface area (TPSA) is 33.1 Å². The van der Waals surface area contributed by atoms with Gasteiger partial charge in [-0.05, 0) is 54.6 Å². The van der Waals surface area contributed by atoms with Crippen LogP contribution in [0.5, 0.6) is 0 Å². The summed E-state index contributed by atoms with van der Waals surface area (Å²) in [7, 11) is 0. The average molecular weight is 275 g/mol. The molecule has 112 valence electrons. The summed E-state index contributed by atoms with van der Waals surface area (Å²) in [6.07, 6.45) is 7.17. The first-order valence-corrected chi connectivity index (χ1v) is 8.04. The van der Waals surface area contributed by atoms with Gasteiger partial charge in [-0.15, -0.1) is 0 Å². The molecule has 1 heterocycles. The van der Waals surface area contributed by atoms with Crippen molar-refractivity contribution < 1.29 is 5.11 Å². The lowest BCUT2D eigenvalue weighted by Gasteiger charge is -2.42. The zero-order valence-electron chi connectivity index (χ0n) is 13.4. The fourth-order valence-corrected chi connectivity index (χ4v) is 3.63. The van der Waals surface area contributed by atoms with E-state index in [-0.39, 0.29) is 11.5 Å². The predicted octanol–water partition coefficient (Wildman–Crippen LogP) is 4.01. The van der Waals surface area contributed by atoms with Gasteiger partial charge in [0, 0.05) is 11.9 Å². The highest BCUT2D eigenvalue weighted by Gasteiger charge is 2.38. The second-order valence-corrected chi connectivity index (χ2v) is 7.27. The molecule has 3 unspecified atom stereocenters. The molecule has 1 aliphatic carbocycles. The quantitative estimate of drug-likeness (QED) is 0.900. The first-order valence-electron chi connectivity index (χ1n) is 8.04. The first kappa shape index (κ1) is 15.5. The maximum absolute atomic E-state index is 10.4. The highest BCUT2D eigenvalue weighted by Crippen LogP contribution is 2.42. The molecule has 0 radical (unpaired) electrons. The van der Waals surface area contributed by atoms with Gasteiger partial charge in [0.05, 0.1) is 6.10 Å². The van der Waals surface area contributed by atoms with Gasteiger partial charge in [-0.3, -0.25) is 4.98 Å². The van der Waals surface area contributed by atoms with Crippen LogP contribution >= 0.6 is 0 Å². The lowest BCUT2D eigenvalue weighted by Crippen LogP contribution is -2.39. The third-order valence-corrected chi connectivity index (χ3v) is 5.01. The second kappa shape index (κ2) is 6.26. The summed E-state index contributed by atoms with van der Waals surface area (Å²) >= 11 is 0. The van der Waals surface area contributed by atoms with Gasteiger partial charge in [-0.2, -0.15) is 0 Å². The van der Waals surface area contributed by atoms with Crippen molar-refractivity contribution >= 4 is 0 Å². The van der Waals surface area contributed by atoms with E-state index < -0.39 is 0 Å². The van der Waals surface area contributed by atoms with Crippen LogP contribution in [-0.4, -0.2) is 16.2 Å². The van der Waals surface area contributed by atoms with E-state index >= 15 is 0 Å². The molecule has 1 aromatic rings. The summed E-state index contributed by atoms with van der Waals surface area (Å²) in [6.45, 7) is 8.97. The Morgan fingerprint density at radius 3 is 2.60 bits per heavy atom. The van der Waals surface area contributed by atoms with Gasteiger partial charge < -0.3 is 5.11 Å². The van der Waals surface area contributed by atoms with E-state index in [0.29, 0.717) is 11.8 Å². The van der Waals surface area contributed by atoms with Crippen molar-refractivity contribution in [1.29, 1.82) is 0 Å². The Hall–Kier alpha value is -0.890. The Morgan fingerprint density at radius 1 is 1.30 bits per heavy atom. The minimum absolute atomic E-state index is 0.111. The zero-order valence-corrected chi connectivity index (χ0v) is 13.4. The normalized spacial score (nSPS) is 27.6. The predicted molar refractivity (Wildman–Crippen MR) is 83.6 cm³/mol. The molecule has 0 spiro atoms. The van der Waals surface area contributed by atoms with Crippen LogP contribution in [0.15, 0.2) is 18.3 Å². The number of nitrogens with zero attached hydrogens (tertiary/aromatic N) is 1. The molecule has 0 saturated heterocycles. The molecule has 2 nitrogen and oxygen atoms in total. The first-order chi connectivity index (χ1) is 9.42. The third-order valence-electron chi connectivity index (χ3n) is 5.01. The maximum Gasteiger partial charge on any atom is 0.0576 e. The van der Waals surface area contributed by atoms with E-state index in [9.17, 15) is 5.11 Å². The molecule has 1 aliphatic rings. The number of aliphatic hydroxyl groups excluding tert-OH is 1. The van der Waals surface area contributed by atoms with Crippen LogP contribution in [0.1, 0.15) is 58.2 Å². The minimum Gasteiger partial charge on any atom is -0.393 e. The summed E-state index contributed by atoms with van der Waals surface area (Å²) in [6, 6.07) is 4.33. The summed E-state index contributed by atoms with van der Waals surface area (Å²) < 4.78 is 0. The van der Waals surface area contributed by atoms with E-state index in [1.807, 2.05) is 6.20 Å². The van der Waals surface area contributed by atoms with E-state index in [0.717, 1.165) is 31.4 Å². The largest absolute Gasteiger partial charge is 0.393 e. The SMILES string of the molecule is CCc1ccc(CC(C)(C)C2CCC(C)CC2O)nc1. The molecule has 3 atom stereocenters. The van der Waals surface area contributed by atoms with Crippen molar-refractivity contribution in [2.75, 3.05) is 0 Å². The van der Waals surface area contributed by atoms with Crippen LogP contribution < -0.4 is 0 Å². The van der Waals surface area contributed by atoms with Crippen molar-refractivity contribution in [3.05, 3.63) is 29.6 Å². The van der Waals surface area contributed by atoms with E-state index in [2.05, 4.69) is 44.8 Å². The number of hydrogen-bond acceptors (Lipinski definition) is 2. The highest BCUT2D eigenvalue weighted by atomic mass is 16.3. The zero-order chi connectivity index (χ0) is 14.8. The fourth-order valence-electron chi connectivity index (χ4n) is 3.63. The van der Waals surface area contributed by atoms with Crippen molar-refractivity contribution in [2.24, 2.45) is 17.3 Å². The smallest absolute Gasteiger partial charge is 0.0576 e. The molecule has 0 amide bonds. The van der Waals surface area contributed by atoms with Gasteiger partial charge in [0.25, 0.3) is 0 Å². The van der Waals surface area contributed by atoms with Crippen molar-refractivity contribution in [3.63, 3.8) is 0 Å². The van der Waals surface area contributed by atoms with Crippen LogP contribution in [0.4, 0.5) is 0 Å². The van der Waals surface area contributed by atoms with Gasteiger partial charge >= 0.3 is 0 Å². The molecule has 2 rings (SSSR count). The lowest BCUT2D eigenvalue weighted by molar-refractivity contribution is -0.0128. The Morgan fingerprint density at radius 2 is 2.05 bits per heavy atom. The number of pyridine rings is 1. The van der Waals surface area contributed by atoms with Crippen molar-refractivity contribution in [3.8, 4) is 0 Å². The fraction of sp³-hybridized carbons (Fsp3) is 0.722. The van der Waals surface area contributed by atoms with Crippen molar-refractivity contribution in [1.82, 2.24) is 4.98 Å². The van der Waals surface area contributed by atoms with Gasteiger partial charge in [-0.1, -0.05) is 40.2 Å². The Labute approximate surface area is 123 Å². The van der Waals surface area contributed by atoms with Crippen LogP contribution in [0.25, 0.3) is 0 Å². The molecule has 0 aliphatic heterocycles. The Balaban J connectivity index is 2.05. The molecule has 1 saturated carbocycles. The lowest BCUT2D eigenvalue weighted by atomic mass is 9.65. The third kappa shape index (κ3) is 3.60. The molecule has 2 heteroatoms. The van der Waals surface area contributed by atoms with E-state index in [4.69, 9.17) is 0 Å². The molecule has 0 aromatic carbocycles. The van der Waals surface area contributed by atoms with Gasteiger partial charge in [-0.25, -0.2) is 0 Å². The molecular formula is C18H29NO. The number of rotatable bonds is 4. The maximum atomic E-state index is 10.4. The van der Waals surface area contributed by atoms with E-state index in [1.165, 1.54) is 12.0 Å². The van der Waals surface area contributed by atoms with Gasteiger partial charge in [0.1, 0.15) is 0 Å². The number of aliphatic hydroxyl groups is 1. The van der Waals surface area contributed by atoms with Crippen LogP contribution in [0.3, 0.4) is 0 Å². The summed E-state index contributed by atoms with van der Waals surface area (Å²) in [5, 5.41) is 10.4. The molecule has 0 bridgehead atoms. The molecule has 20 heavy (non-hydrogen) atoms. The molecular weight excluding hydrogens is 246 g/mol. The van der Waals surface area contributed by atoms with E-state index in [1.54, 1.807) is 0 Å². The Bertz CT molecular complexity index is 424. The second-order valence-electron chi connectivity index (χ2n) is 7.27. The Kier molecular flexibility index (Phi) is 4.85. The summed E-state index contributed by atoms with van der Waals surface area (Å²) in [5.74, 6) is 1.06. The number of aryl methyl sites for hydroxylation is 1.